The lowest BCUT2D eigenvalue weighted by Gasteiger charge is -2.14. The average Bonchev–Trinajstić information content (AvgIpc) is 3.02. The van der Waals surface area contributed by atoms with E-state index in [1.807, 2.05) is 0 Å². The van der Waals surface area contributed by atoms with Gasteiger partial charge in [0.05, 0.1) is 27.0 Å². The molecule has 0 radical (unpaired) electrons. The van der Waals surface area contributed by atoms with Gasteiger partial charge in [0.1, 0.15) is 5.82 Å². The van der Waals surface area contributed by atoms with Crippen LogP contribution in [0.4, 0.5) is 4.39 Å². The summed E-state index contributed by atoms with van der Waals surface area (Å²) in [6, 6.07) is 9.46. The molecule has 0 saturated carbocycles. The van der Waals surface area contributed by atoms with Crippen molar-refractivity contribution in [1.82, 2.24) is 14.8 Å². The molecule has 0 aliphatic heterocycles. The molecule has 0 spiro atoms. The van der Waals surface area contributed by atoms with E-state index in [1.54, 1.807) is 28.9 Å². The van der Waals surface area contributed by atoms with Gasteiger partial charge < -0.3 is 14.2 Å². The minimum absolute atomic E-state index is 0.285. The van der Waals surface area contributed by atoms with Crippen molar-refractivity contribution < 1.29 is 18.6 Å². The number of thiol groups is 1. The lowest BCUT2D eigenvalue weighted by molar-refractivity contribution is 0.324. The highest BCUT2D eigenvalue weighted by molar-refractivity contribution is 7.80. The van der Waals surface area contributed by atoms with Crippen LogP contribution >= 0.6 is 12.6 Å². The summed E-state index contributed by atoms with van der Waals surface area (Å²) in [4.78, 5) is 4.36. The molecule has 0 unspecified atom stereocenters. The Kier molecular flexibility index (Phi) is 4.80. The van der Waals surface area contributed by atoms with E-state index in [4.69, 9.17) is 14.2 Å². The minimum Gasteiger partial charge on any atom is -0.493 e. The van der Waals surface area contributed by atoms with Crippen LogP contribution in [0.15, 0.2) is 41.6 Å². The van der Waals surface area contributed by atoms with E-state index in [0.717, 1.165) is 0 Å². The van der Waals surface area contributed by atoms with Crippen molar-refractivity contribution in [3.8, 4) is 34.3 Å². The molecule has 1 aromatic heterocycles. The summed E-state index contributed by atoms with van der Waals surface area (Å²) in [6.45, 7) is 0. The van der Waals surface area contributed by atoms with Gasteiger partial charge in [0.25, 0.3) is 0 Å². The summed E-state index contributed by atoms with van der Waals surface area (Å²) < 4.78 is 30.9. The Bertz CT molecular complexity index is 872. The zero-order valence-electron chi connectivity index (χ0n) is 13.9. The van der Waals surface area contributed by atoms with Crippen molar-refractivity contribution in [2.45, 2.75) is 5.16 Å². The number of halogens is 1. The molecule has 25 heavy (non-hydrogen) atoms. The van der Waals surface area contributed by atoms with Crippen LogP contribution in [0.3, 0.4) is 0 Å². The Morgan fingerprint density at radius 1 is 0.960 bits per heavy atom. The summed E-state index contributed by atoms with van der Waals surface area (Å²) in [5.74, 6) is 1.64. The number of hydrogen-bond acceptors (Lipinski definition) is 6. The third-order valence-electron chi connectivity index (χ3n) is 3.59. The molecule has 0 aliphatic rings. The Morgan fingerprint density at radius 2 is 1.56 bits per heavy atom. The third kappa shape index (κ3) is 3.25. The van der Waals surface area contributed by atoms with E-state index < -0.39 is 0 Å². The van der Waals surface area contributed by atoms with E-state index >= 15 is 0 Å². The van der Waals surface area contributed by atoms with E-state index in [2.05, 4.69) is 22.7 Å². The van der Waals surface area contributed by atoms with Crippen molar-refractivity contribution in [2.75, 3.05) is 21.3 Å². The number of hydrogen-bond donors (Lipinski definition) is 1. The summed E-state index contributed by atoms with van der Waals surface area (Å²) in [5.41, 5.74) is 1.34. The zero-order valence-corrected chi connectivity index (χ0v) is 14.8. The van der Waals surface area contributed by atoms with Crippen LogP contribution in [-0.4, -0.2) is 36.1 Å². The Morgan fingerprint density at radius 3 is 2.08 bits per heavy atom. The highest BCUT2D eigenvalue weighted by Crippen LogP contribution is 2.41. The van der Waals surface area contributed by atoms with Crippen molar-refractivity contribution in [2.24, 2.45) is 0 Å². The molecular weight excluding hydrogens is 345 g/mol. The molecule has 3 rings (SSSR count). The topological polar surface area (TPSA) is 58.4 Å². The SMILES string of the molecule is COc1cc(-c2nc(S)nn2-c2ccc(F)cc2)cc(OC)c1OC. The fourth-order valence-corrected chi connectivity index (χ4v) is 2.64. The van der Waals surface area contributed by atoms with Crippen molar-refractivity contribution in [3.05, 3.63) is 42.2 Å². The van der Waals surface area contributed by atoms with Crippen LogP contribution in [0, 0.1) is 5.82 Å². The van der Waals surface area contributed by atoms with Gasteiger partial charge in [-0.15, -0.1) is 17.7 Å². The fourth-order valence-electron chi connectivity index (χ4n) is 2.46. The van der Waals surface area contributed by atoms with Gasteiger partial charge in [-0.05, 0) is 36.4 Å². The van der Waals surface area contributed by atoms with Gasteiger partial charge in [0.15, 0.2) is 17.3 Å². The first-order valence-electron chi connectivity index (χ1n) is 7.29. The Balaban J connectivity index is 2.19. The van der Waals surface area contributed by atoms with Gasteiger partial charge >= 0.3 is 0 Å². The van der Waals surface area contributed by atoms with Crippen molar-refractivity contribution >= 4 is 12.6 Å². The average molecular weight is 361 g/mol. The predicted octanol–water partition coefficient (Wildman–Crippen LogP) is 3.39. The number of benzene rings is 2. The van der Waals surface area contributed by atoms with Gasteiger partial charge in [-0.3, -0.25) is 0 Å². The van der Waals surface area contributed by atoms with Gasteiger partial charge in [0, 0.05) is 5.56 Å². The second-order valence-electron chi connectivity index (χ2n) is 5.04. The summed E-state index contributed by atoms with van der Waals surface area (Å²) in [5, 5.41) is 4.56. The monoisotopic (exact) mass is 361 g/mol. The quantitative estimate of drug-likeness (QED) is 0.706. The minimum atomic E-state index is -0.329. The van der Waals surface area contributed by atoms with Crippen LogP contribution in [-0.2, 0) is 0 Å². The largest absolute Gasteiger partial charge is 0.493 e. The van der Waals surface area contributed by atoms with Gasteiger partial charge in [-0.1, -0.05) is 0 Å². The predicted molar refractivity (Wildman–Crippen MR) is 93.7 cm³/mol. The highest BCUT2D eigenvalue weighted by atomic mass is 32.1. The fraction of sp³-hybridized carbons (Fsp3) is 0.176. The first-order valence-corrected chi connectivity index (χ1v) is 7.74. The first kappa shape index (κ1) is 17.1. The maximum atomic E-state index is 13.2. The molecule has 0 aliphatic carbocycles. The Hall–Kier alpha value is -2.74. The molecule has 2 aromatic carbocycles. The zero-order chi connectivity index (χ0) is 18.0. The molecule has 0 bridgehead atoms. The molecule has 6 nitrogen and oxygen atoms in total. The van der Waals surface area contributed by atoms with E-state index in [1.165, 1.54) is 33.5 Å². The summed E-state index contributed by atoms with van der Waals surface area (Å²) >= 11 is 4.23. The number of aromatic nitrogens is 3. The van der Waals surface area contributed by atoms with Gasteiger partial charge in [0.2, 0.25) is 10.9 Å². The van der Waals surface area contributed by atoms with Gasteiger partial charge in [-0.2, -0.15) is 0 Å². The van der Waals surface area contributed by atoms with Crippen LogP contribution < -0.4 is 14.2 Å². The summed E-state index contributed by atoms with van der Waals surface area (Å²) in [6.07, 6.45) is 0. The van der Waals surface area contributed by atoms with Crippen molar-refractivity contribution in [3.63, 3.8) is 0 Å². The normalized spacial score (nSPS) is 10.6. The molecular formula is C17H16FN3O3S. The number of nitrogens with zero attached hydrogens (tertiary/aromatic N) is 3. The molecule has 0 fully saturated rings. The second-order valence-corrected chi connectivity index (χ2v) is 5.44. The first-order chi connectivity index (χ1) is 12.1. The Labute approximate surface area is 149 Å². The maximum absolute atomic E-state index is 13.2. The van der Waals surface area contributed by atoms with Crippen LogP contribution in [0.5, 0.6) is 17.2 Å². The molecule has 0 atom stereocenters. The van der Waals surface area contributed by atoms with E-state index in [-0.39, 0.29) is 11.0 Å². The molecule has 130 valence electrons. The highest BCUT2D eigenvalue weighted by Gasteiger charge is 2.19. The van der Waals surface area contributed by atoms with Crippen molar-refractivity contribution in [1.29, 1.82) is 0 Å². The number of methoxy groups -OCH3 is 3. The van der Waals surface area contributed by atoms with Crippen LogP contribution in [0.1, 0.15) is 0 Å². The summed E-state index contributed by atoms with van der Waals surface area (Å²) in [7, 11) is 4.61. The van der Waals surface area contributed by atoms with Gasteiger partial charge in [-0.25, -0.2) is 14.1 Å². The molecule has 8 heteroatoms. The third-order valence-corrected chi connectivity index (χ3v) is 3.78. The molecule has 0 saturated heterocycles. The lowest BCUT2D eigenvalue weighted by Crippen LogP contribution is -2.01. The second kappa shape index (κ2) is 7.02. The molecule has 0 N–H and O–H groups in total. The standard InChI is InChI=1S/C17H16FN3O3S/c1-22-13-8-10(9-14(23-2)15(13)24-3)16-19-17(25)20-21(16)12-6-4-11(18)5-7-12/h4-9H,1-3H3,(H,20,25). The van der Waals surface area contributed by atoms with Crippen LogP contribution in [0.25, 0.3) is 17.1 Å². The molecule has 1 heterocycles. The molecule has 3 aromatic rings. The number of rotatable bonds is 5. The smallest absolute Gasteiger partial charge is 0.206 e. The lowest BCUT2D eigenvalue weighted by atomic mass is 10.1. The maximum Gasteiger partial charge on any atom is 0.206 e. The van der Waals surface area contributed by atoms with E-state index in [0.29, 0.717) is 34.3 Å². The van der Waals surface area contributed by atoms with Crippen LogP contribution in [0.2, 0.25) is 0 Å². The number of ether oxygens (including phenoxy) is 3. The van der Waals surface area contributed by atoms with E-state index in [9.17, 15) is 4.39 Å². The molecule has 0 amide bonds.